The first-order valence-corrected chi connectivity index (χ1v) is 7.73. The third-order valence-corrected chi connectivity index (χ3v) is 4.45. The zero-order valence-electron chi connectivity index (χ0n) is 11.8. The van der Waals surface area contributed by atoms with E-state index in [4.69, 9.17) is 21.8 Å². The molecule has 1 aromatic carbocycles. The van der Waals surface area contributed by atoms with Crippen molar-refractivity contribution in [2.75, 3.05) is 6.54 Å². The van der Waals surface area contributed by atoms with Crippen LogP contribution in [0.15, 0.2) is 28.7 Å². The van der Waals surface area contributed by atoms with Crippen molar-refractivity contribution in [2.24, 2.45) is 11.7 Å². The topological polar surface area (TPSA) is 68.3 Å². The van der Waals surface area contributed by atoms with Crippen molar-refractivity contribution in [3.63, 3.8) is 0 Å². The molecule has 0 aliphatic heterocycles. The van der Waals surface area contributed by atoms with E-state index in [1.165, 1.54) is 0 Å². The first-order chi connectivity index (χ1) is 10.2. The Morgan fingerprint density at radius 2 is 2.05 bits per heavy atom. The summed E-state index contributed by atoms with van der Waals surface area (Å²) >= 11 is 5.94. The maximum absolute atomic E-state index is 12.3. The summed E-state index contributed by atoms with van der Waals surface area (Å²) in [5.74, 6) is 0.790. The van der Waals surface area contributed by atoms with Gasteiger partial charge in [0.15, 0.2) is 5.76 Å². The summed E-state index contributed by atoms with van der Waals surface area (Å²) in [6.07, 6.45) is 4.13. The zero-order valence-corrected chi connectivity index (χ0v) is 12.5. The van der Waals surface area contributed by atoms with Crippen molar-refractivity contribution < 1.29 is 9.21 Å². The molecule has 1 fully saturated rings. The molecule has 3 rings (SSSR count). The fraction of sp³-hybridized carbons (Fsp3) is 0.438. The molecule has 0 saturated heterocycles. The number of halogens is 1. The second kappa shape index (κ2) is 6.08. The maximum Gasteiger partial charge on any atom is 0.287 e. The summed E-state index contributed by atoms with van der Waals surface area (Å²) in [6.45, 7) is 0.741. The van der Waals surface area contributed by atoms with E-state index >= 15 is 0 Å². The Hall–Kier alpha value is -1.52. The second-order valence-electron chi connectivity index (χ2n) is 5.72. The number of nitrogens with two attached hydrogens (primary N) is 1. The Kier molecular flexibility index (Phi) is 4.17. The van der Waals surface area contributed by atoms with Crippen LogP contribution in [0.4, 0.5) is 0 Å². The number of carbonyl (C=O) groups excluding carboxylic acids is 1. The van der Waals surface area contributed by atoms with Gasteiger partial charge in [-0.15, -0.1) is 0 Å². The minimum Gasteiger partial charge on any atom is -0.451 e. The Bertz CT molecular complexity index is 645. The van der Waals surface area contributed by atoms with Gasteiger partial charge in [0.2, 0.25) is 0 Å². The number of fused-ring (bicyclic) bond motifs is 1. The van der Waals surface area contributed by atoms with Gasteiger partial charge in [0.05, 0.1) is 0 Å². The molecule has 5 heteroatoms. The third kappa shape index (κ3) is 3.22. The number of benzene rings is 1. The van der Waals surface area contributed by atoms with Gasteiger partial charge in [0.1, 0.15) is 5.58 Å². The number of rotatable bonds is 3. The number of furan rings is 1. The Labute approximate surface area is 128 Å². The fourth-order valence-electron chi connectivity index (χ4n) is 2.93. The molecule has 1 heterocycles. The molecule has 0 radical (unpaired) electrons. The van der Waals surface area contributed by atoms with E-state index in [0.717, 1.165) is 37.6 Å². The zero-order chi connectivity index (χ0) is 14.8. The number of hydrogen-bond donors (Lipinski definition) is 2. The first kappa shape index (κ1) is 14.4. The molecule has 0 bridgehead atoms. The number of hydrogen-bond acceptors (Lipinski definition) is 3. The van der Waals surface area contributed by atoms with E-state index in [1.807, 2.05) is 0 Å². The Balaban J connectivity index is 1.67. The molecule has 21 heavy (non-hydrogen) atoms. The summed E-state index contributed by atoms with van der Waals surface area (Å²) in [6, 6.07) is 7.28. The lowest BCUT2D eigenvalue weighted by molar-refractivity contribution is 0.0896. The van der Waals surface area contributed by atoms with Gasteiger partial charge in [-0.2, -0.15) is 0 Å². The standard InChI is InChI=1S/C16H19ClN2O2/c17-12-3-6-14-11(7-12)8-15(21-14)16(20)19-13-4-1-10(9-18)2-5-13/h3,6-8,10,13H,1-2,4-5,9,18H2,(H,19,20). The average molecular weight is 307 g/mol. The minimum absolute atomic E-state index is 0.154. The van der Waals surface area contributed by atoms with Crippen molar-refractivity contribution in [2.45, 2.75) is 31.7 Å². The molecular formula is C16H19ClN2O2. The number of carbonyl (C=O) groups is 1. The first-order valence-electron chi connectivity index (χ1n) is 7.35. The van der Waals surface area contributed by atoms with Crippen LogP contribution < -0.4 is 11.1 Å². The number of amides is 1. The largest absolute Gasteiger partial charge is 0.451 e. The summed E-state index contributed by atoms with van der Waals surface area (Å²) < 4.78 is 5.58. The van der Waals surface area contributed by atoms with Crippen LogP contribution in [0.1, 0.15) is 36.2 Å². The lowest BCUT2D eigenvalue weighted by atomic mass is 9.86. The van der Waals surface area contributed by atoms with Crippen LogP contribution in [0.3, 0.4) is 0 Å². The highest BCUT2D eigenvalue weighted by Gasteiger charge is 2.23. The van der Waals surface area contributed by atoms with Gasteiger partial charge >= 0.3 is 0 Å². The average Bonchev–Trinajstić information content (AvgIpc) is 2.91. The van der Waals surface area contributed by atoms with Gasteiger partial charge in [0, 0.05) is 16.5 Å². The molecule has 0 unspecified atom stereocenters. The molecular weight excluding hydrogens is 288 g/mol. The SMILES string of the molecule is NCC1CCC(NC(=O)c2cc3cc(Cl)ccc3o2)CC1. The van der Waals surface area contributed by atoms with E-state index in [0.29, 0.717) is 22.3 Å². The molecule has 1 aliphatic carbocycles. The van der Waals surface area contributed by atoms with Gasteiger partial charge in [-0.25, -0.2) is 0 Å². The Morgan fingerprint density at radius 1 is 1.29 bits per heavy atom. The van der Waals surface area contributed by atoms with E-state index in [-0.39, 0.29) is 11.9 Å². The third-order valence-electron chi connectivity index (χ3n) is 4.22. The summed E-state index contributed by atoms with van der Waals surface area (Å²) in [7, 11) is 0. The van der Waals surface area contributed by atoms with E-state index in [2.05, 4.69) is 5.32 Å². The molecule has 0 atom stereocenters. The van der Waals surface area contributed by atoms with E-state index in [1.54, 1.807) is 24.3 Å². The Morgan fingerprint density at radius 3 is 2.76 bits per heavy atom. The van der Waals surface area contributed by atoms with Gasteiger partial charge in [-0.1, -0.05) is 11.6 Å². The smallest absolute Gasteiger partial charge is 0.287 e. The van der Waals surface area contributed by atoms with Gasteiger partial charge in [0.25, 0.3) is 5.91 Å². The summed E-state index contributed by atoms with van der Waals surface area (Å²) in [4.78, 5) is 12.3. The second-order valence-corrected chi connectivity index (χ2v) is 6.16. The highest BCUT2D eigenvalue weighted by molar-refractivity contribution is 6.31. The lowest BCUT2D eigenvalue weighted by Crippen LogP contribution is -2.38. The lowest BCUT2D eigenvalue weighted by Gasteiger charge is -2.27. The molecule has 1 saturated carbocycles. The highest BCUT2D eigenvalue weighted by atomic mass is 35.5. The van der Waals surface area contributed by atoms with E-state index < -0.39 is 0 Å². The molecule has 2 aromatic rings. The van der Waals surface area contributed by atoms with E-state index in [9.17, 15) is 4.79 Å². The van der Waals surface area contributed by atoms with Crippen LogP contribution in [0.2, 0.25) is 5.02 Å². The van der Waals surface area contributed by atoms with Crippen LogP contribution >= 0.6 is 11.6 Å². The van der Waals surface area contributed by atoms with Crippen molar-refractivity contribution in [3.05, 3.63) is 35.0 Å². The monoisotopic (exact) mass is 306 g/mol. The van der Waals surface area contributed by atoms with Crippen LogP contribution in [0, 0.1) is 5.92 Å². The predicted molar refractivity (Wildman–Crippen MR) is 83.5 cm³/mol. The van der Waals surface area contributed by atoms with Crippen LogP contribution in [-0.4, -0.2) is 18.5 Å². The van der Waals surface area contributed by atoms with Crippen molar-refractivity contribution in [3.8, 4) is 0 Å². The molecule has 1 aliphatic rings. The van der Waals surface area contributed by atoms with Gasteiger partial charge in [-0.3, -0.25) is 4.79 Å². The molecule has 0 spiro atoms. The summed E-state index contributed by atoms with van der Waals surface area (Å²) in [5, 5.41) is 4.53. The van der Waals surface area contributed by atoms with Gasteiger partial charge in [-0.05, 0) is 62.4 Å². The fourth-order valence-corrected chi connectivity index (χ4v) is 3.11. The molecule has 1 amide bonds. The van der Waals surface area contributed by atoms with Crippen LogP contribution in [-0.2, 0) is 0 Å². The quantitative estimate of drug-likeness (QED) is 0.914. The normalized spacial score (nSPS) is 22.4. The highest BCUT2D eigenvalue weighted by Crippen LogP contribution is 2.25. The van der Waals surface area contributed by atoms with Crippen LogP contribution in [0.5, 0.6) is 0 Å². The van der Waals surface area contributed by atoms with Crippen molar-refractivity contribution >= 4 is 28.5 Å². The molecule has 112 valence electrons. The van der Waals surface area contributed by atoms with Crippen molar-refractivity contribution in [1.82, 2.24) is 5.32 Å². The predicted octanol–water partition coefficient (Wildman–Crippen LogP) is 3.33. The van der Waals surface area contributed by atoms with Crippen LogP contribution in [0.25, 0.3) is 11.0 Å². The number of nitrogens with one attached hydrogen (secondary N) is 1. The minimum atomic E-state index is -0.154. The maximum atomic E-state index is 12.3. The van der Waals surface area contributed by atoms with Crippen molar-refractivity contribution in [1.29, 1.82) is 0 Å². The molecule has 4 nitrogen and oxygen atoms in total. The molecule has 1 aromatic heterocycles. The summed E-state index contributed by atoms with van der Waals surface area (Å²) in [5.41, 5.74) is 6.36. The van der Waals surface area contributed by atoms with Gasteiger partial charge < -0.3 is 15.5 Å². The molecule has 3 N–H and O–H groups in total.